The van der Waals surface area contributed by atoms with Gasteiger partial charge in [-0.15, -0.1) is 0 Å². The van der Waals surface area contributed by atoms with Gasteiger partial charge in [-0.1, -0.05) is 18.2 Å². The van der Waals surface area contributed by atoms with Gasteiger partial charge in [0.05, 0.1) is 10.6 Å². The summed E-state index contributed by atoms with van der Waals surface area (Å²) in [5.74, 6) is 0.585. The lowest BCUT2D eigenvalue weighted by Crippen LogP contribution is -2.43. The topological polar surface area (TPSA) is 87.1 Å². The van der Waals surface area contributed by atoms with Crippen LogP contribution >= 0.6 is 11.5 Å². The minimum absolute atomic E-state index is 0.122. The van der Waals surface area contributed by atoms with Crippen molar-refractivity contribution in [1.82, 2.24) is 29.1 Å². The van der Waals surface area contributed by atoms with E-state index in [4.69, 9.17) is 4.98 Å². The standard InChI is InChI=1S/C34H35N7OS/c1-23-4-9-30(38-34(42)26-7-5-25(6-8-26)22-41-14-12-40(3)13-15-41)17-27(23)18-32-36-11-10-31(39-32)28-16-29(21-35-20-28)33-24(2)19-37-43-33/h4-11,16-17,19-21H,12-15,18,22H2,1-3H3,(H,38,42). The van der Waals surface area contributed by atoms with Crippen LogP contribution in [0.25, 0.3) is 21.7 Å². The van der Waals surface area contributed by atoms with E-state index >= 15 is 0 Å². The summed E-state index contributed by atoms with van der Waals surface area (Å²) < 4.78 is 4.30. The summed E-state index contributed by atoms with van der Waals surface area (Å²) >= 11 is 1.47. The first-order chi connectivity index (χ1) is 20.9. The number of benzene rings is 2. The maximum Gasteiger partial charge on any atom is 0.255 e. The summed E-state index contributed by atoms with van der Waals surface area (Å²) in [7, 11) is 2.16. The molecule has 0 aliphatic carbocycles. The molecule has 0 unspecified atom stereocenters. The van der Waals surface area contributed by atoms with Gasteiger partial charge >= 0.3 is 0 Å². The first-order valence-corrected chi connectivity index (χ1v) is 15.3. The SMILES string of the molecule is Cc1ccc(NC(=O)c2ccc(CN3CCN(C)CC3)cc2)cc1Cc1nccc(-c2cncc(-c3sncc3C)c2)n1. The van der Waals surface area contributed by atoms with Crippen LogP contribution in [0.3, 0.4) is 0 Å². The second-order valence-corrected chi connectivity index (χ2v) is 12.0. The van der Waals surface area contributed by atoms with Crippen molar-refractivity contribution in [2.45, 2.75) is 26.8 Å². The normalized spacial score (nSPS) is 14.1. The molecule has 0 saturated carbocycles. The zero-order valence-corrected chi connectivity index (χ0v) is 25.6. The van der Waals surface area contributed by atoms with Gasteiger partial charge in [-0.25, -0.2) is 14.3 Å². The number of carbonyl (C=O) groups excluding carboxylic acids is 1. The summed E-state index contributed by atoms with van der Waals surface area (Å²) in [5.41, 5.74) is 8.71. The molecule has 8 nitrogen and oxygen atoms in total. The third-order valence-electron chi connectivity index (χ3n) is 7.92. The molecule has 0 radical (unpaired) electrons. The second-order valence-electron chi connectivity index (χ2n) is 11.2. The van der Waals surface area contributed by atoms with Gasteiger partial charge in [-0.05, 0) is 91.1 Å². The highest BCUT2D eigenvalue weighted by Crippen LogP contribution is 2.29. The molecule has 1 amide bonds. The largest absolute Gasteiger partial charge is 0.322 e. The van der Waals surface area contributed by atoms with Crippen LogP contribution in [-0.4, -0.2) is 68.3 Å². The zero-order chi connectivity index (χ0) is 29.8. The highest BCUT2D eigenvalue weighted by atomic mass is 32.1. The van der Waals surface area contributed by atoms with Crippen LogP contribution in [-0.2, 0) is 13.0 Å². The second kappa shape index (κ2) is 12.9. The van der Waals surface area contributed by atoms with E-state index in [1.807, 2.05) is 55.0 Å². The van der Waals surface area contributed by atoms with Gasteiger partial charge in [0.2, 0.25) is 0 Å². The predicted molar refractivity (Wildman–Crippen MR) is 172 cm³/mol. The molecule has 0 atom stereocenters. The number of aryl methyl sites for hydroxylation is 2. The Bertz CT molecular complexity index is 1730. The van der Waals surface area contributed by atoms with E-state index in [1.54, 1.807) is 6.20 Å². The maximum absolute atomic E-state index is 13.1. The molecule has 1 N–H and O–H groups in total. The Morgan fingerprint density at radius 2 is 1.70 bits per heavy atom. The van der Waals surface area contributed by atoms with Crippen LogP contribution in [0.2, 0.25) is 0 Å². The Hall–Kier alpha value is -4.31. The lowest BCUT2D eigenvalue weighted by atomic mass is 10.0. The number of nitrogens with zero attached hydrogens (tertiary/aromatic N) is 6. The number of aromatic nitrogens is 4. The average molecular weight is 590 g/mol. The Kier molecular flexibility index (Phi) is 8.64. The smallest absolute Gasteiger partial charge is 0.255 e. The molecule has 43 heavy (non-hydrogen) atoms. The molecule has 1 saturated heterocycles. The number of hydrogen-bond donors (Lipinski definition) is 1. The number of piperazine rings is 1. The fourth-order valence-electron chi connectivity index (χ4n) is 5.26. The van der Waals surface area contributed by atoms with E-state index < -0.39 is 0 Å². The van der Waals surface area contributed by atoms with E-state index in [0.717, 1.165) is 76.8 Å². The number of rotatable bonds is 8. The zero-order valence-electron chi connectivity index (χ0n) is 24.7. The molecule has 0 bridgehead atoms. The average Bonchev–Trinajstić information content (AvgIpc) is 3.46. The maximum atomic E-state index is 13.1. The summed E-state index contributed by atoms with van der Waals surface area (Å²) in [6.45, 7) is 9.36. The van der Waals surface area contributed by atoms with Crippen molar-refractivity contribution >= 4 is 23.1 Å². The third-order valence-corrected chi connectivity index (χ3v) is 8.88. The number of anilines is 1. The van der Waals surface area contributed by atoms with Crippen molar-refractivity contribution in [3.05, 3.63) is 113 Å². The van der Waals surface area contributed by atoms with Crippen molar-refractivity contribution < 1.29 is 4.79 Å². The summed E-state index contributed by atoms with van der Waals surface area (Å²) in [6, 6.07) is 17.9. The number of nitrogens with one attached hydrogen (secondary N) is 1. The van der Waals surface area contributed by atoms with Gasteiger partial charge in [0.25, 0.3) is 5.91 Å². The first-order valence-electron chi connectivity index (χ1n) is 14.5. The Morgan fingerprint density at radius 3 is 2.47 bits per heavy atom. The molecule has 1 fully saturated rings. The van der Waals surface area contributed by atoms with Gasteiger partial charge in [-0.2, -0.15) is 0 Å². The lowest BCUT2D eigenvalue weighted by molar-refractivity contribution is 0.102. The number of hydrogen-bond acceptors (Lipinski definition) is 8. The van der Waals surface area contributed by atoms with Crippen molar-refractivity contribution in [3.8, 4) is 21.7 Å². The number of likely N-dealkylation sites (N-methyl/N-ethyl adjacent to an activating group) is 1. The molecule has 1 aliphatic heterocycles. The molecular weight excluding hydrogens is 554 g/mol. The van der Waals surface area contributed by atoms with E-state index in [0.29, 0.717) is 17.8 Å². The fourth-order valence-corrected chi connectivity index (χ4v) is 5.99. The van der Waals surface area contributed by atoms with Crippen molar-refractivity contribution in [3.63, 3.8) is 0 Å². The summed E-state index contributed by atoms with van der Waals surface area (Å²) in [5, 5.41) is 3.07. The van der Waals surface area contributed by atoms with E-state index in [1.165, 1.54) is 17.1 Å². The monoisotopic (exact) mass is 589 g/mol. The van der Waals surface area contributed by atoms with Crippen LogP contribution in [0.15, 0.2) is 79.4 Å². The molecule has 9 heteroatoms. The summed E-state index contributed by atoms with van der Waals surface area (Å²) in [6.07, 6.45) is 7.90. The van der Waals surface area contributed by atoms with Crippen molar-refractivity contribution in [1.29, 1.82) is 0 Å². The molecule has 5 aromatic rings. The van der Waals surface area contributed by atoms with Gasteiger partial charge in [-0.3, -0.25) is 14.7 Å². The minimum Gasteiger partial charge on any atom is -0.322 e. The van der Waals surface area contributed by atoms with Crippen molar-refractivity contribution in [2.24, 2.45) is 0 Å². The molecule has 3 aromatic heterocycles. The summed E-state index contributed by atoms with van der Waals surface area (Å²) in [4.78, 5) is 32.9. The molecular formula is C34H35N7OS. The Morgan fingerprint density at radius 1 is 0.907 bits per heavy atom. The molecule has 2 aromatic carbocycles. The van der Waals surface area contributed by atoms with Crippen LogP contribution in [0, 0.1) is 13.8 Å². The molecule has 1 aliphatic rings. The lowest BCUT2D eigenvalue weighted by Gasteiger charge is -2.32. The predicted octanol–water partition coefficient (Wildman–Crippen LogP) is 5.87. The van der Waals surface area contributed by atoms with E-state index in [2.05, 4.69) is 68.6 Å². The molecule has 0 spiro atoms. The van der Waals surface area contributed by atoms with Gasteiger partial charge in [0.1, 0.15) is 5.82 Å². The third kappa shape index (κ3) is 7.02. The van der Waals surface area contributed by atoms with Crippen molar-refractivity contribution in [2.75, 3.05) is 38.5 Å². The van der Waals surface area contributed by atoms with Crippen LogP contribution < -0.4 is 5.32 Å². The number of pyridine rings is 1. The minimum atomic E-state index is -0.122. The van der Waals surface area contributed by atoms with Crippen LogP contribution in [0.1, 0.15) is 38.4 Å². The first kappa shape index (κ1) is 28.8. The highest BCUT2D eigenvalue weighted by molar-refractivity contribution is 7.09. The highest BCUT2D eigenvalue weighted by Gasteiger charge is 2.15. The van der Waals surface area contributed by atoms with Crippen LogP contribution in [0.4, 0.5) is 5.69 Å². The molecule has 4 heterocycles. The number of amides is 1. The molecule has 6 rings (SSSR count). The van der Waals surface area contributed by atoms with E-state index in [9.17, 15) is 4.79 Å². The van der Waals surface area contributed by atoms with Gasteiger partial charge in [0.15, 0.2) is 0 Å². The van der Waals surface area contributed by atoms with E-state index in [-0.39, 0.29) is 5.91 Å². The Balaban J connectivity index is 1.13. The fraction of sp³-hybridized carbons (Fsp3) is 0.265. The van der Waals surface area contributed by atoms with Gasteiger partial charge in [0, 0.05) is 86.3 Å². The van der Waals surface area contributed by atoms with Crippen LogP contribution in [0.5, 0.6) is 0 Å². The van der Waals surface area contributed by atoms with Gasteiger partial charge < -0.3 is 10.2 Å². The quantitative estimate of drug-likeness (QED) is 0.242. The molecule has 218 valence electrons. The number of carbonyl (C=O) groups is 1. The Labute approximate surface area is 256 Å².